The van der Waals surface area contributed by atoms with Gasteiger partial charge in [0.1, 0.15) is 5.75 Å². The van der Waals surface area contributed by atoms with Gasteiger partial charge < -0.3 is 19.9 Å². The lowest BCUT2D eigenvalue weighted by Gasteiger charge is -2.34. The molecule has 9 heteroatoms. The summed E-state index contributed by atoms with van der Waals surface area (Å²) in [6, 6.07) is 5.33. The molecule has 0 bridgehead atoms. The van der Waals surface area contributed by atoms with Crippen molar-refractivity contribution in [3.8, 4) is 5.75 Å². The lowest BCUT2D eigenvalue weighted by Crippen LogP contribution is -2.48. The zero-order valence-corrected chi connectivity index (χ0v) is 14.8. The van der Waals surface area contributed by atoms with Crippen molar-refractivity contribution in [1.82, 2.24) is 20.1 Å². The summed E-state index contributed by atoms with van der Waals surface area (Å²) in [7, 11) is 1.57. The first-order valence-corrected chi connectivity index (χ1v) is 8.25. The Morgan fingerprint density at radius 1 is 1.28 bits per heavy atom. The number of nitrogens with one attached hydrogen (secondary N) is 1. The monoisotopic (exact) mass is 362 g/mol. The Morgan fingerprint density at radius 2 is 2.04 bits per heavy atom. The molecule has 0 unspecified atom stereocenters. The van der Waals surface area contributed by atoms with E-state index < -0.39 is 0 Å². The fourth-order valence-corrected chi connectivity index (χ4v) is 2.88. The van der Waals surface area contributed by atoms with E-state index in [2.05, 4.69) is 25.4 Å². The SMILES string of the molecule is COc1ccc(Nc2nncc(N3CCN(C(C)=O)CC3)n2)cc1Cl. The number of nitrogens with zero attached hydrogens (tertiary/aromatic N) is 5. The Kier molecular flexibility index (Phi) is 5.18. The molecule has 8 nitrogen and oxygen atoms in total. The van der Waals surface area contributed by atoms with E-state index in [1.165, 1.54) is 0 Å². The summed E-state index contributed by atoms with van der Waals surface area (Å²) >= 11 is 6.13. The Balaban J connectivity index is 1.70. The van der Waals surface area contributed by atoms with Crippen molar-refractivity contribution in [2.75, 3.05) is 43.5 Å². The largest absolute Gasteiger partial charge is 0.495 e. The first-order chi connectivity index (χ1) is 12.1. The average Bonchev–Trinajstić information content (AvgIpc) is 2.62. The molecule has 2 heterocycles. The van der Waals surface area contributed by atoms with Crippen LogP contribution in [0, 0.1) is 0 Å². The van der Waals surface area contributed by atoms with E-state index in [0.29, 0.717) is 42.9 Å². The summed E-state index contributed by atoms with van der Waals surface area (Å²) in [5, 5.41) is 11.6. The quantitative estimate of drug-likeness (QED) is 0.889. The maximum atomic E-state index is 11.4. The smallest absolute Gasteiger partial charge is 0.249 e. The van der Waals surface area contributed by atoms with E-state index in [9.17, 15) is 4.79 Å². The molecule has 0 saturated carbocycles. The highest BCUT2D eigenvalue weighted by molar-refractivity contribution is 6.32. The van der Waals surface area contributed by atoms with Crippen LogP contribution in [-0.2, 0) is 4.79 Å². The number of methoxy groups -OCH3 is 1. The second-order valence-corrected chi connectivity index (χ2v) is 6.01. The number of rotatable bonds is 4. The summed E-state index contributed by atoms with van der Waals surface area (Å²) in [6.07, 6.45) is 1.62. The van der Waals surface area contributed by atoms with E-state index >= 15 is 0 Å². The van der Waals surface area contributed by atoms with Crippen LogP contribution < -0.4 is 15.0 Å². The molecule has 1 saturated heterocycles. The lowest BCUT2D eigenvalue weighted by molar-refractivity contribution is -0.129. The van der Waals surface area contributed by atoms with Crippen LogP contribution in [0.5, 0.6) is 5.75 Å². The van der Waals surface area contributed by atoms with Gasteiger partial charge in [-0.15, -0.1) is 5.10 Å². The lowest BCUT2D eigenvalue weighted by atomic mass is 10.3. The van der Waals surface area contributed by atoms with Crippen molar-refractivity contribution in [2.45, 2.75) is 6.92 Å². The standard InChI is InChI=1S/C16H19ClN6O2/c1-11(24)22-5-7-23(8-6-22)15-10-18-21-16(20-15)19-12-3-4-14(25-2)13(17)9-12/h3-4,9-10H,5-8H2,1-2H3,(H,19,20,21). The summed E-state index contributed by atoms with van der Waals surface area (Å²) < 4.78 is 5.14. The molecule has 1 aliphatic rings. The van der Waals surface area contributed by atoms with Crippen molar-refractivity contribution < 1.29 is 9.53 Å². The van der Waals surface area contributed by atoms with Crippen molar-refractivity contribution in [2.24, 2.45) is 0 Å². The number of ether oxygens (including phenoxy) is 1. The molecule has 0 radical (unpaired) electrons. The van der Waals surface area contributed by atoms with Crippen LogP contribution in [0.4, 0.5) is 17.5 Å². The third-order valence-corrected chi connectivity index (χ3v) is 4.30. The predicted octanol–water partition coefficient (Wildman–Crippen LogP) is 1.95. The Morgan fingerprint density at radius 3 is 2.68 bits per heavy atom. The Bertz CT molecular complexity index is 764. The maximum absolute atomic E-state index is 11.4. The normalized spacial score (nSPS) is 14.4. The highest BCUT2D eigenvalue weighted by Crippen LogP contribution is 2.28. The minimum Gasteiger partial charge on any atom is -0.495 e. The molecule has 1 amide bonds. The molecule has 1 fully saturated rings. The van der Waals surface area contributed by atoms with E-state index in [4.69, 9.17) is 16.3 Å². The van der Waals surface area contributed by atoms with Gasteiger partial charge in [-0.3, -0.25) is 4.79 Å². The van der Waals surface area contributed by atoms with Crippen molar-refractivity contribution in [3.05, 3.63) is 29.4 Å². The molecule has 1 aromatic heterocycles. The van der Waals surface area contributed by atoms with E-state index in [1.54, 1.807) is 32.4 Å². The van der Waals surface area contributed by atoms with Crippen LogP contribution in [-0.4, -0.2) is 59.3 Å². The second-order valence-electron chi connectivity index (χ2n) is 5.61. The maximum Gasteiger partial charge on any atom is 0.249 e. The molecule has 0 aliphatic carbocycles. The topological polar surface area (TPSA) is 83.5 Å². The zero-order chi connectivity index (χ0) is 17.8. The van der Waals surface area contributed by atoms with Crippen LogP contribution in [0.25, 0.3) is 0 Å². The highest BCUT2D eigenvalue weighted by Gasteiger charge is 2.20. The minimum absolute atomic E-state index is 0.0965. The number of carbonyl (C=O) groups is 1. The van der Waals surface area contributed by atoms with Crippen LogP contribution >= 0.6 is 11.6 Å². The molecule has 2 aromatic rings. The summed E-state index contributed by atoms with van der Waals surface area (Å²) in [5.41, 5.74) is 0.742. The van der Waals surface area contributed by atoms with Crippen LogP contribution in [0.2, 0.25) is 5.02 Å². The Labute approximate surface area is 150 Å². The summed E-state index contributed by atoms with van der Waals surface area (Å²) in [4.78, 5) is 19.8. The number of piperazine rings is 1. The number of halogens is 1. The number of hydrogen-bond acceptors (Lipinski definition) is 7. The summed E-state index contributed by atoms with van der Waals surface area (Å²) in [6.45, 7) is 4.37. The fourth-order valence-electron chi connectivity index (χ4n) is 2.62. The molecule has 1 aromatic carbocycles. The molecule has 132 valence electrons. The number of aromatic nitrogens is 3. The van der Waals surface area contributed by atoms with Gasteiger partial charge in [0.15, 0.2) is 5.82 Å². The van der Waals surface area contributed by atoms with Gasteiger partial charge in [-0.05, 0) is 18.2 Å². The van der Waals surface area contributed by atoms with Gasteiger partial charge in [0.05, 0.1) is 18.3 Å². The van der Waals surface area contributed by atoms with Crippen molar-refractivity contribution >= 4 is 35.0 Å². The van der Waals surface area contributed by atoms with E-state index in [-0.39, 0.29) is 5.91 Å². The van der Waals surface area contributed by atoms with Gasteiger partial charge in [0.25, 0.3) is 0 Å². The molecular weight excluding hydrogens is 344 g/mol. The van der Waals surface area contributed by atoms with Crippen LogP contribution in [0.1, 0.15) is 6.92 Å². The van der Waals surface area contributed by atoms with Gasteiger partial charge in [-0.25, -0.2) is 0 Å². The highest BCUT2D eigenvalue weighted by atomic mass is 35.5. The van der Waals surface area contributed by atoms with Gasteiger partial charge in [-0.2, -0.15) is 10.1 Å². The fraction of sp³-hybridized carbons (Fsp3) is 0.375. The first kappa shape index (κ1) is 17.2. The number of hydrogen-bond donors (Lipinski definition) is 1. The van der Waals surface area contributed by atoms with Gasteiger partial charge >= 0.3 is 0 Å². The molecule has 0 spiro atoms. The second kappa shape index (κ2) is 7.52. The Hall–Kier alpha value is -2.61. The van der Waals surface area contributed by atoms with Gasteiger partial charge in [0, 0.05) is 38.8 Å². The van der Waals surface area contributed by atoms with Crippen LogP contribution in [0.3, 0.4) is 0 Å². The number of carbonyl (C=O) groups excluding carboxylic acids is 1. The number of anilines is 3. The third-order valence-electron chi connectivity index (χ3n) is 4.00. The van der Waals surface area contributed by atoms with E-state index in [1.807, 2.05) is 11.0 Å². The molecule has 1 aliphatic heterocycles. The van der Waals surface area contributed by atoms with Gasteiger partial charge in [0.2, 0.25) is 11.9 Å². The average molecular weight is 363 g/mol. The number of benzene rings is 1. The van der Waals surface area contributed by atoms with Gasteiger partial charge in [-0.1, -0.05) is 11.6 Å². The van der Waals surface area contributed by atoms with Crippen LogP contribution in [0.15, 0.2) is 24.4 Å². The zero-order valence-electron chi connectivity index (χ0n) is 14.1. The molecule has 1 N–H and O–H groups in total. The molecule has 25 heavy (non-hydrogen) atoms. The predicted molar refractivity (Wildman–Crippen MR) is 95.6 cm³/mol. The molecular formula is C16H19ClN6O2. The third kappa shape index (κ3) is 4.08. The first-order valence-electron chi connectivity index (χ1n) is 7.87. The van der Waals surface area contributed by atoms with E-state index in [0.717, 1.165) is 11.5 Å². The van der Waals surface area contributed by atoms with Crippen molar-refractivity contribution in [1.29, 1.82) is 0 Å². The molecule has 0 atom stereocenters. The van der Waals surface area contributed by atoms with Crippen molar-refractivity contribution in [3.63, 3.8) is 0 Å². The molecule has 3 rings (SSSR count). The summed E-state index contributed by atoms with van der Waals surface area (Å²) in [5.74, 6) is 1.80. The number of amides is 1. The minimum atomic E-state index is 0.0965.